The van der Waals surface area contributed by atoms with Crippen molar-refractivity contribution in [1.29, 1.82) is 5.41 Å². The molecule has 13 heavy (non-hydrogen) atoms. The molecule has 1 rings (SSSR count). The quantitative estimate of drug-likeness (QED) is 0.471. The molecule has 6 heteroatoms. The smallest absolute Gasteiger partial charge is 0.223 e. The van der Waals surface area contributed by atoms with E-state index in [9.17, 15) is 0 Å². The summed E-state index contributed by atoms with van der Waals surface area (Å²) in [7, 11) is 0. The molecule has 72 valence electrons. The minimum atomic E-state index is 0.0121. The molecule has 5 nitrogen and oxygen atoms in total. The van der Waals surface area contributed by atoms with Gasteiger partial charge in [-0.3, -0.25) is 0 Å². The number of rotatable bonds is 1. The molecular weight excluding hydrogens is 190 g/mol. The molecule has 5 N–H and O–H groups in total. The van der Waals surface area contributed by atoms with Gasteiger partial charge in [-0.15, -0.1) is 0 Å². The fourth-order valence-corrected chi connectivity index (χ4v) is 0.847. The van der Waals surface area contributed by atoms with Crippen molar-refractivity contribution in [2.24, 2.45) is 0 Å². The second kappa shape index (κ2) is 5.31. The maximum Gasteiger partial charge on any atom is 0.223 e. The van der Waals surface area contributed by atoms with Gasteiger partial charge in [0, 0.05) is 6.21 Å². The number of nitrogens with two attached hydrogens (primary N) is 2. The molecule has 0 aromatic carbocycles. The highest BCUT2D eigenvalue weighted by molar-refractivity contribution is 6.32. The Bertz CT molecular complexity index is 276. The number of aromatic nitrogens is 2. The standard InChI is InChI=1S/C5H6ClN5.C2H6/c6-3-2(1-7)4(8)11-5(9)10-3;1-2/h1,7H,(H4,8,9,10,11);1-2H3. The minimum absolute atomic E-state index is 0.0121. The molecular formula is C7H12ClN5. The lowest BCUT2D eigenvalue weighted by Crippen LogP contribution is -2.04. The monoisotopic (exact) mass is 201 g/mol. The number of nitrogen functional groups attached to an aromatic ring is 2. The number of halogens is 1. The van der Waals surface area contributed by atoms with Crippen molar-refractivity contribution in [2.45, 2.75) is 13.8 Å². The maximum absolute atomic E-state index is 6.89. The number of hydrogen-bond acceptors (Lipinski definition) is 5. The summed E-state index contributed by atoms with van der Waals surface area (Å²) in [6.45, 7) is 4.00. The molecule has 0 spiro atoms. The SMILES string of the molecule is CC.N=Cc1c(N)nc(N)nc1Cl. The van der Waals surface area contributed by atoms with Crippen LogP contribution >= 0.6 is 11.6 Å². The number of anilines is 2. The summed E-state index contributed by atoms with van der Waals surface area (Å²) in [5.41, 5.74) is 10.9. The number of hydrogen-bond donors (Lipinski definition) is 3. The van der Waals surface area contributed by atoms with Crippen LogP contribution in [0.15, 0.2) is 0 Å². The van der Waals surface area contributed by atoms with E-state index in [0.717, 1.165) is 6.21 Å². The van der Waals surface area contributed by atoms with Crippen LogP contribution in [-0.4, -0.2) is 16.2 Å². The second-order valence-electron chi connectivity index (χ2n) is 1.82. The van der Waals surface area contributed by atoms with Crippen LogP contribution in [0.1, 0.15) is 19.4 Å². The van der Waals surface area contributed by atoms with Crippen LogP contribution in [0.25, 0.3) is 0 Å². The zero-order chi connectivity index (χ0) is 10.4. The Kier molecular flexibility index (Phi) is 4.76. The first-order chi connectivity index (χ1) is 6.15. The Morgan fingerprint density at radius 2 is 1.85 bits per heavy atom. The van der Waals surface area contributed by atoms with E-state index in [2.05, 4.69) is 9.97 Å². The lowest BCUT2D eigenvalue weighted by atomic mass is 10.3. The zero-order valence-electron chi connectivity index (χ0n) is 7.50. The fraction of sp³-hybridized carbons (Fsp3) is 0.286. The van der Waals surface area contributed by atoms with E-state index in [1.165, 1.54) is 0 Å². The Balaban J connectivity index is 0.000000671. The average molecular weight is 202 g/mol. The molecule has 0 amide bonds. The lowest BCUT2D eigenvalue weighted by Gasteiger charge is -2.00. The van der Waals surface area contributed by atoms with Crippen molar-refractivity contribution in [1.82, 2.24) is 9.97 Å². The summed E-state index contributed by atoms with van der Waals surface area (Å²) in [6.07, 6.45) is 0.983. The van der Waals surface area contributed by atoms with Gasteiger partial charge in [-0.1, -0.05) is 25.4 Å². The van der Waals surface area contributed by atoms with Crippen molar-refractivity contribution >= 4 is 29.6 Å². The molecule has 0 aliphatic heterocycles. The third-order valence-corrected chi connectivity index (χ3v) is 1.38. The first kappa shape index (κ1) is 11.6. The van der Waals surface area contributed by atoms with Crippen LogP contribution in [0.4, 0.5) is 11.8 Å². The lowest BCUT2D eigenvalue weighted by molar-refractivity contribution is 1.19. The highest BCUT2D eigenvalue weighted by atomic mass is 35.5. The highest BCUT2D eigenvalue weighted by Gasteiger charge is 2.05. The van der Waals surface area contributed by atoms with E-state index in [1.807, 2.05) is 13.8 Å². The Labute approximate surface area is 81.6 Å². The summed E-state index contributed by atoms with van der Waals surface area (Å²) in [5, 5.41) is 6.99. The first-order valence-corrected chi connectivity index (χ1v) is 4.12. The fourth-order valence-electron chi connectivity index (χ4n) is 0.609. The summed E-state index contributed by atoms with van der Waals surface area (Å²) < 4.78 is 0. The van der Waals surface area contributed by atoms with Gasteiger partial charge in [-0.25, -0.2) is 4.98 Å². The molecule has 1 heterocycles. The molecule has 0 unspecified atom stereocenters. The average Bonchev–Trinajstić information content (AvgIpc) is 2.07. The van der Waals surface area contributed by atoms with E-state index in [4.69, 9.17) is 28.5 Å². The topological polar surface area (TPSA) is 102 Å². The van der Waals surface area contributed by atoms with Crippen molar-refractivity contribution in [3.63, 3.8) is 0 Å². The molecule has 0 saturated carbocycles. The van der Waals surface area contributed by atoms with Crippen LogP contribution in [0.5, 0.6) is 0 Å². The van der Waals surface area contributed by atoms with E-state index in [1.54, 1.807) is 0 Å². The third kappa shape index (κ3) is 2.87. The van der Waals surface area contributed by atoms with Gasteiger partial charge in [0.25, 0.3) is 0 Å². The third-order valence-electron chi connectivity index (χ3n) is 1.09. The van der Waals surface area contributed by atoms with E-state index < -0.39 is 0 Å². The van der Waals surface area contributed by atoms with Gasteiger partial charge in [0.15, 0.2) is 0 Å². The summed E-state index contributed by atoms with van der Waals surface area (Å²) in [4.78, 5) is 7.22. The molecule has 0 aliphatic rings. The Morgan fingerprint density at radius 3 is 2.23 bits per heavy atom. The molecule has 0 radical (unpaired) electrons. The zero-order valence-corrected chi connectivity index (χ0v) is 8.26. The Hall–Kier alpha value is -1.36. The van der Waals surface area contributed by atoms with E-state index in [-0.39, 0.29) is 16.9 Å². The van der Waals surface area contributed by atoms with Crippen LogP contribution in [0, 0.1) is 5.41 Å². The predicted molar refractivity (Wildman–Crippen MR) is 55.1 cm³/mol. The van der Waals surface area contributed by atoms with Crippen LogP contribution in [-0.2, 0) is 0 Å². The summed E-state index contributed by atoms with van der Waals surface area (Å²) in [6, 6.07) is 0. The van der Waals surface area contributed by atoms with Crippen molar-refractivity contribution < 1.29 is 0 Å². The maximum atomic E-state index is 6.89. The van der Waals surface area contributed by atoms with Gasteiger partial charge in [-0.2, -0.15) is 4.98 Å². The molecule has 0 fully saturated rings. The van der Waals surface area contributed by atoms with Gasteiger partial charge in [-0.05, 0) is 0 Å². The molecule has 1 aromatic heterocycles. The van der Waals surface area contributed by atoms with Crippen molar-refractivity contribution in [3.8, 4) is 0 Å². The van der Waals surface area contributed by atoms with Crippen LogP contribution in [0.3, 0.4) is 0 Å². The van der Waals surface area contributed by atoms with Gasteiger partial charge in [0.2, 0.25) is 5.95 Å². The first-order valence-electron chi connectivity index (χ1n) is 3.74. The van der Waals surface area contributed by atoms with Crippen molar-refractivity contribution in [3.05, 3.63) is 10.7 Å². The normalized spacial score (nSPS) is 8.54. The van der Waals surface area contributed by atoms with E-state index in [0.29, 0.717) is 5.56 Å². The Morgan fingerprint density at radius 1 is 1.31 bits per heavy atom. The highest BCUT2D eigenvalue weighted by Crippen LogP contribution is 2.16. The van der Waals surface area contributed by atoms with E-state index >= 15 is 0 Å². The molecule has 0 aliphatic carbocycles. The largest absolute Gasteiger partial charge is 0.383 e. The molecule has 0 atom stereocenters. The van der Waals surface area contributed by atoms with Gasteiger partial charge in [0.1, 0.15) is 11.0 Å². The number of nitrogens with zero attached hydrogens (tertiary/aromatic N) is 2. The predicted octanol–water partition coefficient (Wildman–Crippen LogP) is 1.32. The van der Waals surface area contributed by atoms with Gasteiger partial charge in [0.05, 0.1) is 5.56 Å². The summed E-state index contributed by atoms with van der Waals surface area (Å²) in [5.74, 6) is 0.135. The van der Waals surface area contributed by atoms with Gasteiger partial charge < -0.3 is 16.9 Å². The van der Waals surface area contributed by atoms with Crippen molar-refractivity contribution in [2.75, 3.05) is 11.5 Å². The molecule has 0 saturated heterocycles. The second-order valence-corrected chi connectivity index (χ2v) is 2.17. The number of nitrogens with one attached hydrogen (secondary N) is 1. The summed E-state index contributed by atoms with van der Waals surface area (Å²) >= 11 is 5.57. The van der Waals surface area contributed by atoms with Gasteiger partial charge >= 0.3 is 0 Å². The van der Waals surface area contributed by atoms with Crippen LogP contribution in [0.2, 0.25) is 5.15 Å². The van der Waals surface area contributed by atoms with Crippen LogP contribution < -0.4 is 11.5 Å². The minimum Gasteiger partial charge on any atom is -0.383 e. The molecule has 0 bridgehead atoms. The molecule has 1 aromatic rings.